The monoisotopic (exact) mass is 182 g/mol. The zero-order chi connectivity index (χ0) is 9.68. The third-order valence-electron chi connectivity index (χ3n) is 2.05. The predicted molar refractivity (Wildman–Crippen MR) is 48.2 cm³/mol. The number of furan rings is 1. The number of hydrogen-bond donors (Lipinski definition) is 1. The Labute approximate surface area is 77.4 Å². The minimum absolute atomic E-state index is 0.0733. The topological polar surface area (TPSA) is 50.4 Å². The molecule has 0 aliphatic heterocycles. The van der Waals surface area contributed by atoms with Crippen LogP contribution in [-0.4, -0.2) is 11.4 Å². The van der Waals surface area contributed by atoms with Crippen molar-refractivity contribution in [1.29, 1.82) is 0 Å². The summed E-state index contributed by atoms with van der Waals surface area (Å²) in [4.78, 5) is 10.2. The van der Waals surface area contributed by atoms with Crippen LogP contribution in [0.5, 0.6) is 0 Å². The molecule has 1 aromatic rings. The summed E-state index contributed by atoms with van der Waals surface area (Å²) in [5, 5.41) is 8.89. The third-order valence-corrected chi connectivity index (χ3v) is 2.05. The second-order valence-corrected chi connectivity index (χ2v) is 3.24. The Morgan fingerprint density at radius 3 is 3.08 bits per heavy atom. The smallest absolute Gasteiger partial charge is 0.132 e. The summed E-state index contributed by atoms with van der Waals surface area (Å²) in [6.07, 6.45) is 3.82. The Kier molecular flexibility index (Phi) is 3.71. The lowest BCUT2D eigenvalue weighted by Gasteiger charge is -2.05. The van der Waals surface area contributed by atoms with Crippen LogP contribution in [0.1, 0.15) is 24.7 Å². The highest BCUT2D eigenvalue weighted by molar-refractivity contribution is 5.49. The van der Waals surface area contributed by atoms with E-state index in [4.69, 9.17) is 9.52 Å². The fourth-order valence-corrected chi connectivity index (χ4v) is 1.31. The molecule has 0 amide bonds. The van der Waals surface area contributed by atoms with Crippen LogP contribution < -0.4 is 0 Å². The molecule has 1 unspecified atom stereocenters. The lowest BCUT2D eigenvalue weighted by molar-refractivity contribution is -0.108. The maximum atomic E-state index is 10.2. The van der Waals surface area contributed by atoms with Gasteiger partial charge in [-0.2, -0.15) is 0 Å². The summed E-state index contributed by atoms with van der Waals surface area (Å²) < 4.78 is 5.05. The molecule has 0 spiro atoms. The first kappa shape index (κ1) is 9.99. The Morgan fingerprint density at radius 2 is 2.46 bits per heavy atom. The van der Waals surface area contributed by atoms with Gasteiger partial charge in [0.1, 0.15) is 18.7 Å². The number of hydrogen-bond acceptors (Lipinski definition) is 3. The Bertz CT molecular complexity index is 265. The molecule has 1 heterocycles. The first-order valence-electron chi connectivity index (χ1n) is 4.37. The summed E-state index contributed by atoms with van der Waals surface area (Å²) in [6.45, 7) is 1.93. The van der Waals surface area contributed by atoms with Gasteiger partial charge in [-0.05, 0) is 24.0 Å². The van der Waals surface area contributed by atoms with Crippen molar-refractivity contribution >= 4 is 6.29 Å². The van der Waals surface area contributed by atoms with Crippen molar-refractivity contribution in [3.05, 3.63) is 23.7 Å². The van der Waals surface area contributed by atoms with Crippen LogP contribution in [0.15, 0.2) is 16.7 Å². The zero-order valence-corrected chi connectivity index (χ0v) is 7.69. The van der Waals surface area contributed by atoms with E-state index < -0.39 is 0 Å². The lowest BCUT2D eigenvalue weighted by Crippen LogP contribution is -2.01. The molecule has 0 saturated heterocycles. The molecule has 13 heavy (non-hydrogen) atoms. The molecule has 1 atom stereocenters. The van der Waals surface area contributed by atoms with Crippen LogP contribution in [-0.2, 0) is 17.8 Å². The van der Waals surface area contributed by atoms with Crippen molar-refractivity contribution in [2.24, 2.45) is 5.92 Å². The highest BCUT2D eigenvalue weighted by Gasteiger charge is 2.09. The highest BCUT2D eigenvalue weighted by atomic mass is 16.4. The van der Waals surface area contributed by atoms with E-state index in [9.17, 15) is 4.79 Å². The van der Waals surface area contributed by atoms with E-state index in [1.54, 1.807) is 6.26 Å². The summed E-state index contributed by atoms with van der Waals surface area (Å²) >= 11 is 0. The number of carbonyl (C=O) groups excluding carboxylic acids is 1. The SMILES string of the molecule is CC(CC=O)Cc1ccoc1CO. The molecule has 1 rings (SSSR count). The standard InChI is InChI=1S/C10H14O3/c1-8(2-4-11)6-9-3-5-13-10(9)7-12/h3-5,8,12H,2,6-7H2,1H3. The van der Waals surface area contributed by atoms with Gasteiger partial charge in [-0.15, -0.1) is 0 Å². The van der Waals surface area contributed by atoms with Crippen molar-refractivity contribution in [1.82, 2.24) is 0 Å². The van der Waals surface area contributed by atoms with Crippen molar-refractivity contribution in [2.75, 3.05) is 0 Å². The Balaban J connectivity index is 2.57. The summed E-state index contributed by atoms with van der Waals surface area (Å²) in [5.74, 6) is 0.915. The van der Waals surface area contributed by atoms with Gasteiger partial charge in [0.2, 0.25) is 0 Å². The molecule has 3 nitrogen and oxygen atoms in total. The van der Waals surface area contributed by atoms with Crippen LogP contribution in [0.2, 0.25) is 0 Å². The average molecular weight is 182 g/mol. The Hall–Kier alpha value is -1.09. The molecule has 0 aromatic carbocycles. The van der Waals surface area contributed by atoms with E-state index in [-0.39, 0.29) is 6.61 Å². The molecule has 0 aliphatic rings. The molecular weight excluding hydrogens is 168 g/mol. The third kappa shape index (κ3) is 2.70. The van der Waals surface area contributed by atoms with Gasteiger partial charge in [-0.3, -0.25) is 0 Å². The van der Waals surface area contributed by atoms with Gasteiger partial charge < -0.3 is 14.3 Å². The van der Waals surface area contributed by atoms with Gasteiger partial charge >= 0.3 is 0 Å². The molecule has 0 aliphatic carbocycles. The quantitative estimate of drug-likeness (QED) is 0.703. The minimum Gasteiger partial charge on any atom is -0.467 e. The number of rotatable bonds is 5. The minimum atomic E-state index is -0.0733. The van der Waals surface area contributed by atoms with E-state index in [0.29, 0.717) is 18.1 Å². The predicted octanol–water partition coefficient (Wildman–Crippen LogP) is 1.54. The molecule has 0 radical (unpaired) electrons. The van der Waals surface area contributed by atoms with E-state index in [1.165, 1.54) is 0 Å². The summed E-state index contributed by atoms with van der Waals surface area (Å²) in [7, 11) is 0. The molecule has 0 fully saturated rings. The van der Waals surface area contributed by atoms with Gasteiger partial charge in [-0.1, -0.05) is 6.92 Å². The second-order valence-electron chi connectivity index (χ2n) is 3.24. The van der Waals surface area contributed by atoms with E-state index in [1.807, 2.05) is 13.0 Å². The van der Waals surface area contributed by atoms with Gasteiger partial charge in [0, 0.05) is 6.42 Å². The lowest BCUT2D eigenvalue weighted by atomic mass is 9.99. The fraction of sp³-hybridized carbons (Fsp3) is 0.500. The van der Waals surface area contributed by atoms with Crippen LogP contribution in [0.25, 0.3) is 0 Å². The molecular formula is C10H14O3. The van der Waals surface area contributed by atoms with Crippen molar-refractivity contribution < 1.29 is 14.3 Å². The molecule has 1 aromatic heterocycles. The second kappa shape index (κ2) is 4.82. The molecule has 3 heteroatoms. The van der Waals surface area contributed by atoms with Gasteiger partial charge in [0.05, 0.1) is 6.26 Å². The van der Waals surface area contributed by atoms with E-state index in [2.05, 4.69) is 0 Å². The highest BCUT2D eigenvalue weighted by Crippen LogP contribution is 2.16. The average Bonchev–Trinajstić information content (AvgIpc) is 2.52. The number of aldehydes is 1. The number of aliphatic hydroxyl groups excluding tert-OH is 1. The number of aliphatic hydroxyl groups is 1. The largest absolute Gasteiger partial charge is 0.467 e. The van der Waals surface area contributed by atoms with Crippen molar-refractivity contribution in [3.63, 3.8) is 0 Å². The number of carbonyl (C=O) groups is 1. The molecule has 0 bridgehead atoms. The fourth-order valence-electron chi connectivity index (χ4n) is 1.31. The Morgan fingerprint density at radius 1 is 1.69 bits per heavy atom. The molecule has 0 saturated carbocycles. The zero-order valence-electron chi connectivity index (χ0n) is 7.69. The van der Waals surface area contributed by atoms with Crippen molar-refractivity contribution in [3.8, 4) is 0 Å². The van der Waals surface area contributed by atoms with Crippen LogP contribution in [0.4, 0.5) is 0 Å². The van der Waals surface area contributed by atoms with E-state index >= 15 is 0 Å². The van der Waals surface area contributed by atoms with Crippen molar-refractivity contribution in [2.45, 2.75) is 26.4 Å². The van der Waals surface area contributed by atoms with Gasteiger partial charge in [-0.25, -0.2) is 0 Å². The molecule has 72 valence electrons. The van der Waals surface area contributed by atoms with E-state index in [0.717, 1.165) is 18.3 Å². The van der Waals surface area contributed by atoms with Crippen LogP contribution >= 0.6 is 0 Å². The normalized spacial score (nSPS) is 12.8. The van der Waals surface area contributed by atoms with Crippen LogP contribution in [0, 0.1) is 5.92 Å². The van der Waals surface area contributed by atoms with Gasteiger partial charge in [0.15, 0.2) is 0 Å². The maximum absolute atomic E-state index is 10.2. The maximum Gasteiger partial charge on any atom is 0.132 e. The summed E-state index contributed by atoms with van der Waals surface area (Å²) in [5.41, 5.74) is 0.997. The van der Waals surface area contributed by atoms with Crippen LogP contribution in [0.3, 0.4) is 0 Å². The molecule has 1 N–H and O–H groups in total. The summed E-state index contributed by atoms with van der Waals surface area (Å²) in [6, 6.07) is 1.84. The van der Waals surface area contributed by atoms with Gasteiger partial charge in [0.25, 0.3) is 0 Å². The first-order chi connectivity index (χ1) is 6.27. The first-order valence-corrected chi connectivity index (χ1v) is 4.37.